The smallest absolute Gasteiger partial charge is 0.326 e. The van der Waals surface area contributed by atoms with Crippen LogP contribution in [-0.4, -0.2) is 42.4 Å². The first-order valence-electron chi connectivity index (χ1n) is 6.22. The van der Waals surface area contributed by atoms with Gasteiger partial charge in [-0.05, 0) is 25.2 Å². The number of carboxylic acid groups (broad SMARTS) is 1. The van der Waals surface area contributed by atoms with Crippen LogP contribution in [0, 0.1) is 5.92 Å². The summed E-state index contributed by atoms with van der Waals surface area (Å²) in [5.41, 5.74) is -0.256. The average molecular weight is 258 g/mol. The summed E-state index contributed by atoms with van der Waals surface area (Å²) in [5, 5.41) is 14.1. The Bertz CT molecular complexity index is 308. The Morgan fingerprint density at radius 3 is 2.33 bits per heavy atom. The molecule has 1 atom stereocenters. The number of carbonyl (C=O) groups excluding carboxylic acids is 1. The largest absolute Gasteiger partial charge is 0.480 e. The molecule has 1 unspecified atom stereocenters. The number of carbonyl (C=O) groups is 2. The van der Waals surface area contributed by atoms with Crippen LogP contribution in [0.3, 0.4) is 0 Å². The van der Waals surface area contributed by atoms with Gasteiger partial charge in [-0.25, -0.2) is 9.59 Å². The molecule has 0 heterocycles. The van der Waals surface area contributed by atoms with Crippen LogP contribution in [0.25, 0.3) is 0 Å². The maximum atomic E-state index is 11.6. The number of ether oxygens (including phenoxy) is 1. The van der Waals surface area contributed by atoms with E-state index in [0.29, 0.717) is 6.54 Å². The predicted octanol–water partition coefficient (Wildman–Crippen LogP) is 0.964. The highest BCUT2D eigenvalue weighted by molar-refractivity contribution is 5.82. The monoisotopic (exact) mass is 258 g/mol. The third-order valence-electron chi connectivity index (χ3n) is 3.49. The summed E-state index contributed by atoms with van der Waals surface area (Å²) in [6.45, 7) is 3.92. The van der Waals surface area contributed by atoms with E-state index >= 15 is 0 Å². The number of aliphatic carboxylic acids is 1. The maximum Gasteiger partial charge on any atom is 0.326 e. The van der Waals surface area contributed by atoms with Gasteiger partial charge in [-0.2, -0.15) is 0 Å². The van der Waals surface area contributed by atoms with Crippen LogP contribution < -0.4 is 10.6 Å². The van der Waals surface area contributed by atoms with Gasteiger partial charge in [-0.15, -0.1) is 0 Å². The van der Waals surface area contributed by atoms with E-state index < -0.39 is 18.0 Å². The average Bonchev–Trinajstić information content (AvgIpc) is 2.24. The van der Waals surface area contributed by atoms with Gasteiger partial charge in [-0.3, -0.25) is 0 Å². The molecular formula is C12H22N2O4. The Kier molecular flexibility index (Phi) is 4.95. The van der Waals surface area contributed by atoms with Gasteiger partial charge in [0.2, 0.25) is 0 Å². The van der Waals surface area contributed by atoms with E-state index in [2.05, 4.69) is 10.6 Å². The minimum Gasteiger partial charge on any atom is -0.480 e. The quantitative estimate of drug-likeness (QED) is 0.662. The standard InChI is InChI=1S/C12H22N2O4/c1-8(2)9(10(15)16)14-11(17)13-7-12(18-3)5-4-6-12/h8-9H,4-7H2,1-3H3,(H,15,16)(H2,13,14,17). The number of amides is 2. The lowest BCUT2D eigenvalue weighted by molar-refractivity contribution is -0.140. The number of hydrogen-bond donors (Lipinski definition) is 3. The highest BCUT2D eigenvalue weighted by atomic mass is 16.5. The molecule has 18 heavy (non-hydrogen) atoms. The lowest BCUT2D eigenvalue weighted by Gasteiger charge is -2.40. The summed E-state index contributed by atoms with van der Waals surface area (Å²) >= 11 is 0. The third kappa shape index (κ3) is 3.60. The number of carboxylic acids is 1. The van der Waals surface area contributed by atoms with Crippen molar-refractivity contribution in [2.24, 2.45) is 5.92 Å². The van der Waals surface area contributed by atoms with Crippen molar-refractivity contribution in [2.75, 3.05) is 13.7 Å². The van der Waals surface area contributed by atoms with Gasteiger partial charge in [0.1, 0.15) is 6.04 Å². The first kappa shape index (κ1) is 14.8. The summed E-state index contributed by atoms with van der Waals surface area (Å²) in [4.78, 5) is 22.6. The summed E-state index contributed by atoms with van der Waals surface area (Å²) in [6, 6.07) is -1.33. The van der Waals surface area contributed by atoms with E-state index in [1.165, 1.54) is 0 Å². The van der Waals surface area contributed by atoms with Crippen molar-refractivity contribution in [1.82, 2.24) is 10.6 Å². The van der Waals surface area contributed by atoms with E-state index in [-0.39, 0.29) is 11.5 Å². The van der Waals surface area contributed by atoms with E-state index in [1.54, 1.807) is 21.0 Å². The van der Waals surface area contributed by atoms with Gasteiger partial charge in [-0.1, -0.05) is 13.8 Å². The van der Waals surface area contributed by atoms with Crippen molar-refractivity contribution in [3.05, 3.63) is 0 Å². The summed E-state index contributed by atoms with van der Waals surface area (Å²) in [7, 11) is 1.63. The minimum atomic E-state index is -1.02. The van der Waals surface area contributed by atoms with Crippen LogP contribution in [0.2, 0.25) is 0 Å². The molecule has 0 bridgehead atoms. The molecule has 0 aromatic carbocycles. The molecule has 0 spiro atoms. The van der Waals surface area contributed by atoms with Crippen molar-refractivity contribution in [3.63, 3.8) is 0 Å². The number of nitrogens with one attached hydrogen (secondary N) is 2. The van der Waals surface area contributed by atoms with Crippen LogP contribution in [0.15, 0.2) is 0 Å². The number of hydrogen-bond acceptors (Lipinski definition) is 3. The van der Waals surface area contributed by atoms with E-state index in [9.17, 15) is 9.59 Å². The molecule has 0 radical (unpaired) electrons. The van der Waals surface area contributed by atoms with Crippen molar-refractivity contribution in [2.45, 2.75) is 44.8 Å². The van der Waals surface area contributed by atoms with Gasteiger partial charge < -0.3 is 20.5 Å². The summed E-state index contributed by atoms with van der Waals surface area (Å²) in [5.74, 6) is -1.18. The van der Waals surface area contributed by atoms with Gasteiger partial charge in [0.25, 0.3) is 0 Å². The fraction of sp³-hybridized carbons (Fsp3) is 0.833. The van der Waals surface area contributed by atoms with Crippen molar-refractivity contribution in [1.29, 1.82) is 0 Å². The molecule has 104 valence electrons. The molecule has 0 saturated heterocycles. The zero-order chi connectivity index (χ0) is 13.8. The fourth-order valence-corrected chi connectivity index (χ4v) is 1.97. The minimum absolute atomic E-state index is 0.159. The summed E-state index contributed by atoms with van der Waals surface area (Å²) < 4.78 is 5.37. The van der Waals surface area contributed by atoms with Gasteiger partial charge in [0.15, 0.2) is 0 Å². The molecule has 1 aliphatic rings. The lowest BCUT2D eigenvalue weighted by atomic mass is 9.80. The molecule has 0 aliphatic heterocycles. The van der Waals surface area contributed by atoms with Gasteiger partial charge in [0, 0.05) is 13.7 Å². The lowest BCUT2D eigenvalue weighted by Crippen LogP contribution is -2.54. The Morgan fingerprint density at radius 2 is 2.00 bits per heavy atom. The molecule has 0 aromatic rings. The Balaban J connectivity index is 2.39. The molecular weight excluding hydrogens is 236 g/mol. The molecule has 6 nitrogen and oxygen atoms in total. The van der Waals surface area contributed by atoms with Crippen molar-refractivity contribution < 1.29 is 19.4 Å². The van der Waals surface area contributed by atoms with E-state index in [1.807, 2.05) is 0 Å². The molecule has 2 amide bonds. The van der Waals surface area contributed by atoms with Crippen LogP contribution in [0.5, 0.6) is 0 Å². The van der Waals surface area contributed by atoms with Gasteiger partial charge in [0.05, 0.1) is 5.60 Å². The second kappa shape index (κ2) is 6.04. The van der Waals surface area contributed by atoms with Crippen LogP contribution in [0.4, 0.5) is 4.79 Å². The number of urea groups is 1. The molecule has 6 heteroatoms. The van der Waals surface area contributed by atoms with Crippen LogP contribution >= 0.6 is 0 Å². The van der Waals surface area contributed by atoms with Crippen LogP contribution in [-0.2, 0) is 9.53 Å². The molecule has 0 aromatic heterocycles. The normalized spacial score (nSPS) is 18.9. The first-order valence-corrected chi connectivity index (χ1v) is 6.22. The second-order valence-corrected chi connectivity index (χ2v) is 5.13. The maximum absolute atomic E-state index is 11.6. The van der Waals surface area contributed by atoms with Crippen LogP contribution in [0.1, 0.15) is 33.1 Å². The van der Waals surface area contributed by atoms with E-state index in [0.717, 1.165) is 19.3 Å². The Labute approximate surface area is 107 Å². The fourth-order valence-electron chi connectivity index (χ4n) is 1.97. The predicted molar refractivity (Wildman–Crippen MR) is 66.4 cm³/mol. The molecule has 3 N–H and O–H groups in total. The summed E-state index contributed by atoms with van der Waals surface area (Å²) in [6.07, 6.45) is 2.95. The highest BCUT2D eigenvalue weighted by Gasteiger charge is 2.37. The van der Waals surface area contributed by atoms with Crippen molar-refractivity contribution in [3.8, 4) is 0 Å². The highest BCUT2D eigenvalue weighted by Crippen LogP contribution is 2.34. The third-order valence-corrected chi connectivity index (χ3v) is 3.49. The van der Waals surface area contributed by atoms with Crippen molar-refractivity contribution >= 4 is 12.0 Å². The zero-order valence-electron chi connectivity index (χ0n) is 11.2. The topological polar surface area (TPSA) is 87.7 Å². The molecule has 1 aliphatic carbocycles. The van der Waals surface area contributed by atoms with E-state index in [4.69, 9.17) is 9.84 Å². The Hall–Kier alpha value is -1.30. The zero-order valence-corrected chi connectivity index (χ0v) is 11.2. The Morgan fingerprint density at radius 1 is 1.39 bits per heavy atom. The molecule has 1 fully saturated rings. The second-order valence-electron chi connectivity index (χ2n) is 5.13. The first-order chi connectivity index (χ1) is 8.40. The number of rotatable bonds is 6. The number of methoxy groups -OCH3 is 1. The molecule has 1 rings (SSSR count). The SMILES string of the molecule is COC1(CNC(=O)NC(C(=O)O)C(C)C)CCC1. The van der Waals surface area contributed by atoms with Gasteiger partial charge >= 0.3 is 12.0 Å². The molecule has 1 saturated carbocycles.